The normalized spacial score (nSPS) is 20.5. The predicted octanol–water partition coefficient (Wildman–Crippen LogP) is 7.76. The molecule has 1 aliphatic rings. The number of anilines is 1. The van der Waals surface area contributed by atoms with Crippen LogP contribution >= 0.6 is 11.6 Å². The molecule has 214 valence electrons. The first-order valence-electron chi connectivity index (χ1n) is 11.9. The van der Waals surface area contributed by atoms with Crippen LogP contribution in [0.3, 0.4) is 0 Å². The maximum atomic E-state index is 13.2. The number of piperidine rings is 1. The second-order valence-electron chi connectivity index (χ2n) is 10.6. The Labute approximate surface area is 226 Å². The number of amides is 3. The van der Waals surface area contributed by atoms with Crippen LogP contribution in [0.5, 0.6) is 0 Å². The third kappa shape index (κ3) is 7.09. The number of alkyl halides is 6. The molecule has 0 bridgehead atoms. The molecule has 1 unspecified atom stereocenters. The van der Waals surface area contributed by atoms with Crippen molar-refractivity contribution in [2.45, 2.75) is 64.5 Å². The average molecular weight is 580 g/mol. The van der Waals surface area contributed by atoms with E-state index in [1.165, 1.54) is 4.90 Å². The number of carbonyl (C=O) groups excluding carboxylic acids is 1. The third-order valence-corrected chi connectivity index (χ3v) is 7.08. The van der Waals surface area contributed by atoms with Gasteiger partial charge in [0.05, 0.1) is 11.1 Å². The predicted molar refractivity (Wildman–Crippen MR) is 134 cm³/mol. The maximum Gasteiger partial charge on any atom is 0.416 e. The summed E-state index contributed by atoms with van der Waals surface area (Å²) in [5.41, 5.74) is -3.05. The first kappa shape index (κ1) is 30.4. The lowest BCUT2D eigenvalue weighted by molar-refractivity contribution is -0.143. The minimum Gasteiger partial charge on any atom is -0.465 e. The molecule has 1 aliphatic heterocycles. The average Bonchev–Trinajstić information content (AvgIpc) is 2.78. The van der Waals surface area contributed by atoms with Gasteiger partial charge in [-0.15, -0.1) is 0 Å². The van der Waals surface area contributed by atoms with Gasteiger partial charge in [0, 0.05) is 35.3 Å². The van der Waals surface area contributed by atoms with Crippen molar-refractivity contribution < 1.29 is 41.0 Å². The Bertz CT molecular complexity index is 1210. The van der Waals surface area contributed by atoms with Crippen LogP contribution in [-0.2, 0) is 12.4 Å². The second kappa shape index (κ2) is 10.8. The molecule has 0 aromatic heterocycles. The quantitative estimate of drug-likeness (QED) is 0.325. The topological polar surface area (TPSA) is 81.7 Å². The lowest BCUT2D eigenvalue weighted by Crippen LogP contribution is -2.60. The van der Waals surface area contributed by atoms with Crippen LogP contribution in [0.25, 0.3) is 0 Å². The van der Waals surface area contributed by atoms with Gasteiger partial charge >= 0.3 is 24.5 Å². The Balaban J connectivity index is 1.99. The first-order chi connectivity index (χ1) is 17.8. The summed E-state index contributed by atoms with van der Waals surface area (Å²) in [5, 5.41) is 15.1. The van der Waals surface area contributed by atoms with Crippen LogP contribution in [-0.4, -0.2) is 40.8 Å². The Morgan fingerprint density at radius 2 is 1.54 bits per heavy atom. The van der Waals surface area contributed by atoms with E-state index < -0.39 is 64.7 Å². The number of aryl methyl sites for hydroxylation is 1. The zero-order valence-electron chi connectivity index (χ0n) is 21.5. The molecule has 0 saturated carbocycles. The molecule has 6 nitrogen and oxygen atoms in total. The molecule has 0 aliphatic carbocycles. The molecule has 1 saturated heterocycles. The summed E-state index contributed by atoms with van der Waals surface area (Å²) in [6, 6.07) is 3.55. The molecule has 2 aromatic rings. The van der Waals surface area contributed by atoms with Crippen LogP contribution in [0.1, 0.15) is 55.4 Å². The number of nitrogens with one attached hydrogen (secondary N) is 2. The van der Waals surface area contributed by atoms with Gasteiger partial charge in [-0.25, -0.2) is 9.59 Å². The van der Waals surface area contributed by atoms with E-state index in [1.807, 2.05) is 20.8 Å². The second-order valence-corrected chi connectivity index (χ2v) is 11.0. The Hall–Kier alpha value is -3.15. The van der Waals surface area contributed by atoms with Crippen molar-refractivity contribution in [3.63, 3.8) is 0 Å². The van der Waals surface area contributed by atoms with Gasteiger partial charge in [0.1, 0.15) is 0 Å². The van der Waals surface area contributed by atoms with E-state index in [-0.39, 0.29) is 19.0 Å². The maximum absolute atomic E-state index is 13.2. The molecule has 1 heterocycles. The zero-order chi connectivity index (χ0) is 29.5. The van der Waals surface area contributed by atoms with Crippen LogP contribution in [0.15, 0.2) is 36.4 Å². The van der Waals surface area contributed by atoms with Gasteiger partial charge in [-0.05, 0) is 54.2 Å². The molecule has 1 fully saturated rings. The number of carbonyl (C=O) groups is 2. The number of nitrogens with zero attached hydrogens (tertiary/aromatic N) is 1. The summed E-state index contributed by atoms with van der Waals surface area (Å²) in [6.45, 7) is 7.33. The highest BCUT2D eigenvalue weighted by Gasteiger charge is 2.47. The minimum atomic E-state index is -5.07. The summed E-state index contributed by atoms with van der Waals surface area (Å²) in [7, 11) is 0. The number of rotatable bonds is 3. The highest BCUT2D eigenvalue weighted by Crippen LogP contribution is 2.43. The van der Waals surface area contributed by atoms with Crippen molar-refractivity contribution in [2.24, 2.45) is 5.41 Å². The van der Waals surface area contributed by atoms with E-state index in [4.69, 9.17) is 11.6 Å². The Kier molecular flexibility index (Phi) is 8.40. The first-order valence-corrected chi connectivity index (χ1v) is 12.3. The standard InChI is InChI=1S/C26H28ClF6N3O3/c1-13-9-14(5-6-18(13)27)20-19(7-8-36(23(38)39)21(20)24(2,3)4)35-22(37)34-17-11-15(25(28,29)30)10-16(12-17)26(31,32)33/h5-6,9-12,19-21H,7-8H2,1-4H3,(H,38,39)(H2,34,35,37)/t19-,20-,21?/m1/s1. The van der Waals surface area contributed by atoms with Crippen LogP contribution in [0.4, 0.5) is 41.6 Å². The summed E-state index contributed by atoms with van der Waals surface area (Å²) < 4.78 is 79.5. The van der Waals surface area contributed by atoms with Crippen molar-refractivity contribution in [3.05, 3.63) is 63.7 Å². The fraction of sp³-hybridized carbons (Fsp3) is 0.462. The van der Waals surface area contributed by atoms with Crippen LogP contribution in [0, 0.1) is 12.3 Å². The molecular weight excluding hydrogens is 552 g/mol. The van der Waals surface area contributed by atoms with Crippen LogP contribution in [0.2, 0.25) is 5.02 Å². The van der Waals surface area contributed by atoms with Gasteiger partial charge in [-0.1, -0.05) is 44.5 Å². The molecule has 39 heavy (non-hydrogen) atoms. The van der Waals surface area contributed by atoms with E-state index in [9.17, 15) is 41.0 Å². The van der Waals surface area contributed by atoms with Gasteiger partial charge in [0.15, 0.2) is 0 Å². The van der Waals surface area contributed by atoms with Crippen molar-refractivity contribution in [1.29, 1.82) is 0 Å². The summed E-state index contributed by atoms with van der Waals surface area (Å²) in [5.74, 6) is -0.608. The van der Waals surface area contributed by atoms with Crippen molar-refractivity contribution in [2.75, 3.05) is 11.9 Å². The lowest BCUT2D eigenvalue weighted by atomic mass is 9.69. The smallest absolute Gasteiger partial charge is 0.416 e. The van der Waals surface area contributed by atoms with E-state index in [0.29, 0.717) is 28.3 Å². The van der Waals surface area contributed by atoms with Crippen molar-refractivity contribution >= 4 is 29.4 Å². The molecule has 13 heteroatoms. The third-order valence-electron chi connectivity index (χ3n) is 6.65. The number of halogens is 7. The summed E-state index contributed by atoms with van der Waals surface area (Å²) in [6.07, 6.45) is -11.2. The molecular formula is C26H28ClF6N3O3. The molecule has 0 spiro atoms. The molecule has 0 radical (unpaired) electrons. The monoisotopic (exact) mass is 579 g/mol. The van der Waals surface area contributed by atoms with Crippen molar-refractivity contribution in [3.8, 4) is 0 Å². The minimum absolute atomic E-state index is 0.0302. The zero-order valence-corrected chi connectivity index (χ0v) is 22.2. The number of benzene rings is 2. The van der Waals surface area contributed by atoms with Crippen LogP contribution < -0.4 is 10.6 Å². The number of likely N-dealkylation sites (tertiary alicyclic amines) is 1. The van der Waals surface area contributed by atoms with E-state index >= 15 is 0 Å². The SMILES string of the molecule is Cc1cc([C@H]2C(C(C)(C)C)N(C(=O)O)CC[C@H]2NC(=O)Nc2cc(C(F)(F)F)cc(C(F)(F)F)c2)ccc1Cl. The Morgan fingerprint density at radius 3 is 2.00 bits per heavy atom. The summed E-state index contributed by atoms with van der Waals surface area (Å²) >= 11 is 6.18. The molecule has 3 N–H and O–H groups in total. The number of hydrogen-bond acceptors (Lipinski definition) is 2. The van der Waals surface area contributed by atoms with Gasteiger partial charge in [-0.2, -0.15) is 26.3 Å². The van der Waals surface area contributed by atoms with E-state index in [0.717, 1.165) is 0 Å². The van der Waals surface area contributed by atoms with Gasteiger partial charge < -0.3 is 20.6 Å². The number of carboxylic acid groups (broad SMARTS) is 1. The highest BCUT2D eigenvalue weighted by atomic mass is 35.5. The van der Waals surface area contributed by atoms with Gasteiger partial charge in [0.2, 0.25) is 0 Å². The largest absolute Gasteiger partial charge is 0.465 e. The fourth-order valence-electron chi connectivity index (χ4n) is 5.05. The number of urea groups is 1. The summed E-state index contributed by atoms with van der Waals surface area (Å²) in [4.78, 5) is 26.3. The lowest BCUT2D eigenvalue weighted by Gasteiger charge is -2.50. The Morgan fingerprint density at radius 1 is 0.974 bits per heavy atom. The van der Waals surface area contributed by atoms with E-state index in [1.54, 1.807) is 25.1 Å². The fourth-order valence-corrected chi connectivity index (χ4v) is 5.16. The highest BCUT2D eigenvalue weighted by molar-refractivity contribution is 6.31. The molecule has 3 atom stereocenters. The van der Waals surface area contributed by atoms with E-state index in [2.05, 4.69) is 10.6 Å². The van der Waals surface area contributed by atoms with Gasteiger partial charge in [-0.3, -0.25) is 0 Å². The molecule has 3 rings (SSSR count). The van der Waals surface area contributed by atoms with Gasteiger partial charge in [0.25, 0.3) is 0 Å². The number of hydrogen-bond donors (Lipinski definition) is 3. The molecule has 3 amide bonds. The van der Waals surface area contributed by atoms with Crippen molar-refractivity contribution in [1.82, 2.24) is 10.2 Å². The molecule has 2 aromatic carbocycles.